The third-order valence-electron chi connectivity index (χ3n) is 5.99. The standard InChI is InChI=1S/C26H27N5OS/c1-18(2)28-29-26-27-24-23(25(32)31(26)16-20-11-7-4-8-12-20)21-13-14-30(17-22(21)33-24)15-19-9-5-3-6-10-19/h3-12H,13-17H2,1-2H3,(H,27,29)/p+1. The van der Waals surface area contributed by atoms with E-state index in [4.69, 9.17) is 4.98 Å². The summed E-state index contributed by atoms with van der Waals surface area (Å²) >= 11 is 1.66. The summed E-state index contributed by atoms with van der Waals surface area (Å²) in [6, 6.07) is 20.6. The lowest BCUT2D eigenvalue weighted by molar-refractivity contribution is -0.929. The molecule has 168 valence electrons. The minimum Gasteiger partial charge on any atom is -0.326 e. The van der Waals surface area contributed by atoms with Gasteiger partial charge in [0.05, 0.1) is 23.4 Å². The van der Waals surface area contributed by atoms with Crippen molar-refractivity contribution in [3.05, 3.63) is 92.6 Å². The Bertz CT molecular complexity index is 1350. The van der Waals surface area contributed by atoms with Crippen LogP contribution in [0.4, 0.5) is 5.95 Å². The highest BCUT2D eigenvalue weighted by atomic mass is 32.1. The molecule has 0 bridgehead atoms. The number of thiophene rings is 1. The first-order valence-electron chi connectivity index (χ1n) is 11.3. The van der Waals surface area contributed by atoms with Gasteiger partial charge in [0, 0.05) is 17.7 Å². The lowest BCUT2D eigenvalue weighted by Crippen LogP contribution is -3.10. The fourth-order valence-corrected chi connectivity index (χ4v) is 5.69. The van der Waals surface area contributed by atoms with Gasteiger partial charge in [-0.05, 0) is 25.0 Å². The number of anilines is 1. The fraction of sp³-hybridized carbons (Fsp3) is 0.269. The molecule has 0 saturated heterocycles. The van der Waals surface area contributed by atoms with Crippen LogP contribution in [0.3, 0.4) is 0 Å². The highest BCUT2D eigenvalue weighted by Crippen LogP contribution is 2.30. The number of nitrogens with one attached hydrogen (secondary N) is 2. The van der Waals surface area contributed by atoms with E-state index in [1.54, 1.807) is 15.9 Å². The lowest BCUT2D eigenvalue weighted by atomic mass is 10.0. The Hall–Kier alpha value is -3.29. The van der Waals surface area contributed by atoms with Crippen LogP contribution in [0, 0.1) is 0 Å². The molecule has 0 fully saturated rings. The molecule has 6 nitrogen and oxygen atoms in total. The zero-order valence-corrected chi connectivity index (χ0v) is 19.8. The Morgan fingerprint density at radius 1 is 1.09 bits per heavy atom. The molecule has 7 heteroatoms. The quantitative estimate of drug-likeness (QED) is 0.344. The summed E-state index contributed by atoms with van der Waals surface area (Å²) in [5.74, 6) is 0.490. The molecular formula is C26H28N5OS+. The van der Waals surface area contributed by atoms with Gasteiger partial charge in [0.2, 0.25) is 5.95 Å². The first-order chi connectivity index (χ1) is 16.1. The van der Waals surface area contributed by atoms with E-state index in [2.05, 4.69) is 40.9 Å². The molecule has 0 aliphatic carbocycles. The van der Waals surface area contributed by atoms with E-state index in [0.29, 0.717) is 12.5 Å². The first kappa shape index (κ1) is 21.6. The summed E-state index contributed by atoms with van der Waals surface area (Å²) < 4.78 is 1.72. The fourth-order valence-electron chi connectivity index (χ4n) is 4.40. The molecule has 4 aromatic rings. The van der Waals surface area contributed by atoms with Gasteiger partial charge in [-0.3, -0.25) is 9.36 Å². The molecule has 1 unspecified atom stereocenters. The van der Waals surface area contributed by atoms with Crippen molar-refractivity contribution in [3.63, 3.8) is 0 Å². The minimum absolute atomic E-state index is 0.0133. The van der Waals surface area contributed by atoms with Crippen molar-refractivity contribution in [2.45, 2.75) is 39.9 Å². The average molecular weight is 459 g/mol. The maximum atomic E-state index is 13.7. The monoisotopic (exact) mass is 458 g/mol. The molecule has 0 spiro atoms. The van der Waals surface area contributed by atoms with Gasteiger partial charge in [-0.2, -0.15) is 5.10 Å². The van der Waals surface area contributed by atoms with Crippen LogP contribution < -0.4 is 15.9 Å². The molecule has 0 radical (unpaired) electrons. The topological polar surface area (TPSA) is 63.7 Å². The molecule has 2 N–H and O–H groups in total. The molecule has 1 aliphatic rings. The predicted molar refractivity (Wildman–Crippen MR) is 135 cm³/mol. The summed E-state index contributed by atoms with van der Waals surface area (Å²) in [4.78, 5) is 22.2. The maximum absolute atomic E-state index is 13.7. The molecular weight excluding hydrogens is 430 g/mol. The van der Waals surface area contributed by atoms with E-state index < -0.39 is 0 Å². The summed E-state index contributed by atoms with van der Waals surface area (Å²) in [6.45, 7) is 7.23. The van der Waals surface area contributed by atoms with E-state index in [9.17, 15) is 4.79 Å². The highest BCUT2D eigenvalue weighted by Gasteiger charge is 2.27. The van der Waals surface area contributed by atoms with Crippen molar-refractivity contribution in [1.29, 1.82) is 0 Å². The van der Waals surface area contributed by atoms with Gasteiger partial charge in [0.15, 0.2) is 0 Å². The van der Waals surface area contributed by atoms with Gasteiger partial charge in [-0.15, -0.1) is 11.3 Å². The predicted octanol–water partition coefficient (Wildman–Crippen LogP) is 3.46. The molecule has 0 saturated carbocycles. The number of aromatic nitrogens is 2. The van der Waals surface area contributed by atoms with Crippen molar-refractivity contribution in [2.75, 3.05) is 12.0 Å². The zero-order valence-electron chi connectivity index (χ0n) is 19.0. The van der Waals surface area contributed by atoms with Gasteiger partial charge in [-0.25, -0.2) is 10.4 Å². The molecule has 33 heavy (non-hydrogen) atoms. The van der Waals surface area contributed by atoms with Crippen molar-refractivity contribution >= 4 is 33.2 Å². The number of hydrogen-bond acceptors (Lipinski definition) is 5. The zero-order chi connectivity index (χ0) is 22.8. The molecule has 2 aromatic heterocycles. The Morgan fingerprint density at radius 3 is 2.48 bits per heavy atom. The van der Waals surface area contributed by atoms with E-state index in [1.807, 2.05) is 44.2 Å². The Labute approximate surface area is 197 Å². The van der Waals surface area contributed by atoms with Crippen LogP contribution in [0.25, 0.3) is 10.2 Å². The minimum atomic E-state index is 0.0133. The number of benzene rings is 2. The van der Waals surface area contributed by atoms with Crippen LogP contribution in [0.15, 0.2) is 70.6 Å². The summed E-state index contributed by atoms with van der Waals surface area (Å²) in [6.07, 6.45) is 0.902. The van der Waals surface area contributed by atoms with Crippen molar-refractivity contribution < 1.29 is 4.90 Å². The number of rotatable bonds is 6. The third-order valence-corrected chi connectivity index (χ3v) is 7.12. The van der Waals surface area contributed by atoms with E-state index >= 15 is 0 Å². The molecule has 3 heterocycles. The number of quaternary nitrogens is 1. The average Bonchev–Trinajstić information content (AvgIpc) is 3.19. The Morgan fingerprint density at radius 2 is 1.79 bits per heavy atom. The SMILES string of the molecule is CC(C)=NNc1nc2sc3c(c2c(=O)n1Cc1ccccc1)CC[NH+](Cc1ccccc1)C3. The van der Waals surface area contributed by atoms with E-state index in [0.717, 1.165) is 47.5 Å². The number of fused-ring (bicyclic) bond motifs is 3. The van der Waals surface area contributed by atoms with Crippen LogP contribution in [0.1, 0.15) is 35.4 Å². The van der Waals surface area contributed by atoms with Gasteiger partial charge < -0.3 is 4.90 Å². The van der Waals surface area contributed by atoms with Gasteiger partial charge in [0.25, 0.3) is 5.56 Å². The largest absolute Gasteiger partial charge is 0.326 e. The number of hydrogen-bond donors (Lipinski definition) is 2. The lowest BCUT2D eigenvalue weighted by Gasteiger charge is -2.24. The molecule has 1 aliphatic heterocycles. The van der Waals surface area contributed by atoms with E-state index in [-0.39, 0.29) is 5.56 Å². The normalized spacial score (nSPS) is 15.3. The van der Waals surface area contributed by atoms with Crippen molar-refractivity contribution in [1.82, 2.24) is 9.55 Å². The van der Waals surface area contributed by atoms with Crippen LogP contribution in [0.5, 0.6) is 0 Å². The third kappa shape index (κ3) is 4.60. The van der Waals surface area contributed by atoms with Crippen molar-refractivity contribution in [3.8, 4) is 0 Å². The first-order valence-corrected chi connectivity index (χ1v) is 12.1. The maximum Gasteiger partial charge on any atom is 0.264 e. The summed E-state index contributed by atoms with van der Waals surface area (Å²) in [5.41, 5.74) is 7.51. The molecule has 1 atom stereocenters. The highest BCUT2D eigenvalue weighted by molar-refractivity contribution is 7.18. The molecule has 5 rings (SSSR count). The Kier molecular flexibility index (Phi) is 6.07. The van der Waals surface area contributed by atoms with Crippen LogP contribution in [-0.2, 0) is 26.1 Å². The number of hydrazone groups is 1. The smallest absolute Gasteiger partial charge is 0.264 e. The van der Waals surface area contributed by atoms with Crippen LogP contribution >= 0.6 is 11.3 Å². The van der Waals surface area contributed by atoms with Crippen LogP contribution in [0.2, 0.25) is 0 Å². The van der Waals surface area contributed by atoms with Crippen molar-refractivity contribution in [2.24, 2.45) is 5.10 Å². The van der Waals surface area contributed by atoms with Gasteiger partial charge >= 0.3 is 0 Å². The number of nitrogens with zero attached hydrogens (tertiary/aromatic N) is 3. The van der Waals surface area contributed by atoms with Crippen LogP contribution in [-0.4, -0.2) is 21.8 Å². The second-order valence-electron chi connectivity index (χ2n) is 8.76. The summed E-state index contributed by atoms with van der Waals surface area (Å²) in [5, 5.41) is 5.12. The second-order valence-corrected chi connectivity index (χ2v) is 9.84. The van der Waals surface area contributed by atoms with Gasteiger partial charge in [0.1, 0.15) is 17.9 Å². The van der Waals surface area contributed by atoms with E-state index in [1.165, 1.54) is 20.9 Å². The molecule has 2 aromatic carbocycles. The second kappa shape index (κ2) is 9.29. The molecule has 0 amide bonds. The van der Waals surface area contributed by atoms with Gasteiger partial charge in [-0.1, -0.05) is 60.7 Å². The Balaban J connectivity index is 1.53. The summed E-state index contributed by atoms with van der Waals surface area (Å²) in [7, 11) is 0.